The predicted octanol–water partition coefficient (Wildman–Crippen LogP) is -3.36. The van der Waals surface area contributed by atoms with Crippen molar-refractivity contribution in [1.82, 2.24) is 0 Å². The Labute approximate surface area is 73.5 Å². The van der Waals surface area contributed by atoms with Crippen molar-refractivity contribution < 1.29 is 28.5 Å². The average molecular weight is 243 g/mol. The van der Waals surface area contributed by atoms with Gasteiger partial charge in [-0.1, -0.05) is 0 Å². The molecule has 0 amide bonds. The second-order valence-electron chi connectivity index (χ2n) is 2.59. The summed E-state index contributed by atoms with van der Waals surface area (Å²) in [6.07, 6.45) is 0. The van der Waals surface area contributed by atoms with E-state index in [0.717, 1.165) is 0 Å². The summed E-state index contributed by atoms with van der Waals surface area (Å²) < 4.78 is 0.608. The first-order valence-electron chi connectivity index (χ1n) is 2.52. The third-order valence-electron chi connectivity index (χ3n) is 0.916. The minimum Gasteiger partial charge on any atom is -1.00 e. The van der Waals surface area contributed by atoms with Crippen molar-refractivity contribution in [3.63, 3.8) is 0 Å². The Hall–Kier alpha value is 0.160. The van der Waals surface area contributed by atoms with Gasteiger partial charge in [-0.25, -0.2) is 4.99 Å². The van der Waals surface area contributed by atoms with Crippen LogP contribution >= 0.6 is 0 Å². The monoisotopic (exact) mass is 243 g/mol. The van der Waals surface area contributed by atoms with E-state index >= 15 is 0 Å². The second-order valence-corrected chi connectivity index (χ2v) is 2.59. The summed E-state index contributed by atoms with van der Waals surface area (Å²) in [6.45, 7) is 0. The van der Waals surface area contributed by atoms with Crippen LogP contribution in [0.25, 0.3) is 0 Å². The Morgan fingerprint density at radius 3 is 1.67 bits per heavy atom. The molecule has 0 fully saturated rings. The van der Waals surface area contributed by atoms with Gasteiger partial charge in [0.25, 0.3) is 5.96 Å². The quantitative estimate of drug-likeness (QED) is 0.205. The van der Waals surface area contributed by atoms with Gasteiger partial charge in [0.15, 0.2) is 0 Å². The summed E-state index contributed by atoms with van der Waals surface area (Å²) in [5.41, 5.74) is 5.47. The Bertz CT molecular complexity index is 103. The molecule has 0 atom stereocenters. The van der Waals surface area contributed by atoms with Gasteiger partial charge >= 0.3 is 0 Å². The van der Waals surface area contributed by atoms with E-state index in [-0.39, 0.29) is 24.0 Å². The Balaban J connectivity index is 0. The molecule has 0 aromatic carbocycles. The van der Waals surface area contributed by atoms with Gasteiger partial charge in [0, 0.05) is 7.05 Å². The summed E-state index contributed by atoms with van der Waals surface area (Å²) in [5.74, 6) is 0.644. The van der Waals surface area contributed by atoms with Crippen LogP contribution in [0.4, 0.5) is 0 Å². The van der Waals surface area contributed by atoms with E-state index in [4.69, 9.17) is 5.73 Å². The zero-order valence-corrected chi connectivity index (χ0v) is 8.51. The normalized spacial score (nSPS) is 12.7. The molecule has 0 radical (unpaired) electrons. The van der Waals surface area contributed by atoms with Crippen LogP contribution in [0.5, 0.6) is 0 Å². The lowest BCUT2D eigenvalue weighted by Crippen LogP contribution is -3.00. The van der Waals surface area contributed by atoms with Crippen molar-refractivity contribution in [1.29, 1.82) is 0 Å². The topological polar surface area (TPSA) is 38.4 Å². The van der Waals surface area contributed by atoms with E-state index < -0.39 is 0 Å². The minimum atomic E-state index is 0. The fourth-order valence-electron chi connectivity index (χ4n) is 0.300. The van der Waals surface area contributed by atoms with Gasteiger partial charge in [0.05, 0.1) is 21.1 Å². The second kappa shape index (κ2) is 4.05. The molecule has 0 aromatic heterocycles. The minimum absolute atomic E-state index is 0. The number of nitrogens with zero attached hydrogens (tertiary/aromatic N) is 2. The van der Waals surface area contributed by atoms with Gasteiger partial charge in [-0.3, -0.25) is 4.48 Å². The fraction of sp³-hybridized carbons (Fsp3) is 0.800. The lowest BCUT2D eigenvalue weighted by Gasteiger charge is -2.20. The van der Waals surface area contributed by atoms with Gasteiger partial charge in [-0.15, -0.1) is 0 Å². The smallest absolute Gasteiger partial charge is 0.294 e. The number of quaternary nitrogens is 1. The summed E-state index contributed by atoms with van der Waals surface area (Å²) >= 11 is 0. The molecule has 2 N–H and O–H groups in total. The number of hydrogen-bond donors (Lipinski definition) is 1. The van der Waals surface area contributed by atoms with Gasteiger partial charge in [-0.05, 0) is 0 Å². The van der Waals surface area contributed by atoms with Crippen LogP contribution in [0.15, 0.2) is 4.99 Å². The molecule has 0 unspecified atom stereocenters. The highest BCUT2D eigenvalue weighted by Crippen LogP contribution is 1.86. The van der Waals surface area contributed by atoms with Crippen molar-refractivity contribution in [2.45, 2.75) is 0 Å². The van der Waals surface area contributed by atoms with Gasteiger partial charge in [0.2, 0.25) is 0 Å². The van der Waals surface area contributed by atoms with Crippen molar-refractivity contribution in [2.75, 3.05) is 28.2 Å². The summed E-state index contributed by atoms with van der Waals surface area (Å²) in [4.78, 5) is 3.83. The highest BCUT2D eigenvalue weighted by molar-refractivity contribution is 5.70. The first-order valence-corrected chi connectivity index (χ1v) is 2.52. The highest BCUT2D eigenvalue weighted by Gasteiger charge is 2.10. The third-order valence-corrected chi connectivity index (χ3v) is 0.916. The van der Waals surface area contributed by atoms with Crippen LogP contribution in [0.2, 0.25) is 0 Å². The lowest BCUT2D eigenvalue weighted by atomic mass is 10.7. The van der Waals surface area contributed by atoms with E-state index in [2.05, 4.69) is 4.99 Å². The Morgan fingerprint density at radius 1 is 1.33 bits per heavy atom. The van der Waals surface area contributed by atoms with Crippen molar-refractivity contribution in [3.05, 3.63) is 0 Å². The van der Waals surface area contributed by atoms with Gasteiger partial charge < -0.3 is 29.7 Å². The number of nitrogens with two attached hydrogens (primary N) is 1. The Kier molecular flexibility index (Phi) is 5.36. The summed E-state index contributed by atoms with van der Waals surface area (Å²) in [6, 6.07) is 0. The van der Waals surface area contributed by atoms with Crippen LogP contribution in [0.3, 0.4) is 0 Å². The maximum atomic E-state index is 5.47. The van der Waals surface area contributed by atoms with E-state index in [9.17, 15) is 0 Å². The van der Waals surface area contributed by atoms with Crippen LogP contribution in [0.1, 0.15) is 0 Å². The third kappa shape index (κ3) is 4.65. The van der Waals surface area contributed by atoms with Gasteiger partial charge in [-0.2, -0.15) is 0 Å². The average Bonchev–Trinajstić information content (AvgIpc) is 1.62. The molecule has 0 spiro atoms. The van der Waals surface area contributed by atoms with Crippen molar-refractivity contribution >= 4 is 5.96 Å². The maximum Gasteiger partial charge on any atom is 0.294 e. The molecule has 0 saturated heterocycles. The van der Waals surface area contributed by atoms with E-state index in [1.54, 1.807) is 7.05 Å². The number of aliphatic imine (C=N–C) groups is 1. The largest absolute Gasteiger partial charge is 1.00 e. The van der Waals surface area contributed by atoms with E-state index in [0.29, 0.717) is 10.4 Å². The molecule has 0 bridgehead atoms. The summed E-state index contributed by atoms with van der Waals surface area (Å²) in [7, 11) is 7.62. The fourth-order valence-corrected chi connectivity index (χ4v) is 0.300. The molecule has 0 heterocycles. The van der Waals surface area contributed by atoms with Crippen LogP contribution in [0, 0.1) is 0 Å². The van der Waals surface area contributed by atoms with Gasteiger partial charge in [0.1, 0.15) is 0 Å². The molecule has 0 aromatic rings. The zero-order valence-electron chi connectivity index (χ0n) is 6.35. The van der Waals surface area contributed by atoms with E-state index in [1.165, 1.54) is 0 Å². The standard InChI is InChI=1S/C5H14N3.HI/c1-7-5(6)8(2,3)4;/h1-4H3,(H2,6,7);1H/q+1;/p-1. The zero-order chi connectivity index (χ0) is 6.78. The molecule has 56 valence electrons. The van der Waals surface area contributed by atoms with Crippen molar-refractivity contribution in [3.8, 4) is 0 Å². The van der Waals surface area contributed by atoms with Crippen molar-refractivity contribution in [2.24, 2.45) is 10.7 Å². The Morgan fingerprint density at radius 2 is 1.67 bits per heavy atom. The molecule has 9 heavy (non-hydrogen) atoms. The molecule has 0 saturated carbocycles. The first-order chi connectivity index (χ1) is 3.48. The maximum absolute atomic E-state index is 5.47. The lowest BCUT2D eigenvalue weighted by molar-refractivity contribution is -0.778. The number of guanidine groups is 1. The van der Waals surface area contributed by atoms with Crippen LogP contribution < -0.4 is 29.7 Å². The number of rotatable bonds is 0. The molecule has 0 aliphatic carbocycles. The van der Waals surface area contributed by atoms with E-state index in [1.807, 2.05) is 21.1 Å². The molecule has 0 aliphatic rings. The number of halogens is 1. The van der Waals surface area contributed by atoms with Crippen LogP contribution in [-0.2, 0) is 0 Å². The predicted molar refractivity (Wildman–Crippen MR) is 35.6 cm³/mol. The molecular formula is C5H14IN3. The molecular weight excluding hydrogens is 229 g/mol. The molecule has 4 heteroatoms. The summed E-state index contributed by atoms with van der Waals surface area (Å²) in [5, 5.41) is 0. The number of hydrogen-bond acceptors (Lipinski definition) is 1. The molecule has 3 nitrogen and oxygen atoms in total. The first kappa shape index (κ1) is 11.9. The molecule has 0 rings (SSSR count). The SMILES string of the molecule is CN=C(N)[N+](C)(C)C.[I-]. The van der Waals surface area contributed by atoms with Crippen LogP contribution in [-0.4, -0.2) is 38.6 Å². The highest BCUT2D eigenvalue weighted by atomic mass is 127. The molecule has 0 aliphatic heterocycles.